The third-order valence-corrected chi connectivity index (χ3v) is 3.54. The van der Waals surface area contributed by atoms with Crippen molar-refractivity contribution in [1.29, 1.82) is 5.26 Å². The average molecular weight is 283 g/mol. The van der Waals surface area contributed by atoms with E-state index in [0.717, 1.165) is 16.9 Å². The zero-order valence-corrected chi connectivity index (χ0v) is 12.4. The van der Waals surface area contributed by atoms with Gasteiger partial charge in [-0.3, -0.25) is 0 Å². The largest absolute Gasteiger partial charge is 0.344 e. The first kappa shape index (κ1) is 15.0. The van der Waals surface area contributed by atoms with Gasteiger partial charge in [0.15, 0.2) is 0 Å². The summed E-state index contributed by atoms with van der Waals surface area (Å²) in [6.45, 7) is 3.57. The van der Waals surface area contributed by atoms with Gasteiger partial charge in [-0.25, -0.2) is 4.39 Å². The maximum Gasteiger partial charge on any atom is 0.126 e. The van der Waals surface area contributed by atoms with Gasteiger partial charge in [0, 0.05) is 24.5 Å². The van der Waals surface area contributed by atoms with Crippen LogP contribution in [0.5, 0.6) is 0 Å². The summed E-state index contributed by atoms with van der Waals surface area (Å²) >= 11 is 0. The third-order valence-electron chi connectivity index (χ3n) is 3.54. The maximum atomic E-state index is 13.8. The highest BCUT2D eigenvalue weighted by Crippen LogP contribution is 2.32. The van der Waals surface area contributed by atoms with E-state index in [-0.39, 0.29) is 11.9 Å². The molecule has 1 atom stereocenters. The smallest absolute Gasteiger partial charge is 0.126 e. The van der Waals surface area contributed by atoms with Gasteiger partial charge in [0.05, 0.1) is 11.6 Å². The van der Waals surface area contributed by atoms with Crippen LogP contribution in [0.15, 0.2) is 36.4 Å². The van der Waals surface area contributed by atoms with Crippen LogP contribution in [-0.4, -0.2) is 7.05 Å². The van der Waals surface area contributed by atoms with Gasteiger partial charge in [-0.05, 0) is 61.4 Å². The summed E-state index contributed by atoms with van der Waals surface area (Å²) in [5, 5.41) is 8.85. The number of benzene rings is 2. The first-order valence-corrected chi connectivity index (χ1v) is 6.73. The van der Waals surface area contributed by atoms with E-state index >= 15 is 0 Å². The number of hydrogen-bond acceptors (Lipinski definition) is 3. The van der Waals surface area contributed by atoms with E-state index < -0.39 is 0 Å². The van der Waals surface area contributed by atoms with Crippen molar-refractivity contribution in [2.45, 2.75) is 19.9 Å². The molecule has 0 saturated heterocycles. The maximum absolute atomic E-state index is 13.8. The molecular weight excluding hydrogens is 265 g/mol. The minimum absolute atomic E-state index is 0.251. The van der Waals surface area contributed by atoms with Crippen molar-refractivity contribution in [1.82, 2.24) is 0 Å². The van der Waals surface area contributed by atoms with Crippen LogP contribution in [0, 0.1) is 24.1 Å². The van der Waals surface area contributed by atoms with E-state index in [2.05, 4.69) is 6.07 Å². The standard InChI is InChI=1S/C17H18FN3/c1-11-8-17(15(12(2)20)9-16(11)18)21(3)14-6-4-13(10-19)5-7-14/h4-9,12H,20H2,1-3H3/t12-/m1/s1. The van der Waals surface area contributed by atoms with Crippen molar-refractivity contribution < 1.29 is 4.39 Å². The number of nitrogens with zero attached hydrogens (tertiary/aromatic N) is 2. The second-order valence-corrected chi connectivity index (χ2v) is 5.17. The predicted octanol–water partition coefficient (Wildman–Crippen LogP) is 3.79. The number of hydrogen-bond donors (Lipinski definition) is 1. The lowest BCUT2D eigenvalue weighted by molar-refractivity contribution is 0.613. The first-order valence-electron chi connectivity index (χ1n) is 6.73. The minimum atomic E-state index is -0.268. The summed E-state index contributed by atoms with van der Waals surface area (Å²) in [5.41, 5.74) is 9.69. The average Bonchev–Trinajstić information content (AvgIpc) is 2.48. The number of nitrogens with two attached hydrogens (primary N) is 1. The Kier molecular flexibility index (Phi) is 4.25. The Morgan fingerprint density at radius 2 is 1.86 bits per heavy atom. The molecule has 2 aromatic rings. The number of nitriles is 1. The molecule has 0 aliphatic carbocycles. The molecule has 21 heavy (non-hydrogen) atoms. The highest BCUT2D eigenvalue weighted by atomic mass is 19.1. The van der Waals surface area contributed by atoms with Crippen LogP contribution >= 0.6 is 0 Å². The van der Waals surface area contributed by atoms with Crippen LogP contribution in [0.25, 0.3) is 0 Å². The summed E-state index contributed by atoms with van der Waals surface area (Å²) in [6.07, 6.45) is 0. The van der Waals surface area contributed by atoms with Gasteiger partial charge < -0.3 is 10.6 Å². The molecule has 0 aliphatic heterocycles. The van der Waals surface area contributed by atoms with E-state index in [1.807, 2.05) is 31.0 Å². The summed E-state index contributed by atoms with van der Waals surface area (Å²) in [4.78, 5) is 1.95. The number of anilines is 2. The highest BCUT2D eigenvalue weighted by Gasteiger charge is 2.15. The molecule has 4 heteroatoms. The molecule has 0 heterocycles. The zero-order chi connectivity index (χ0) is 15.6. The van der Waals surface area contributed by atoms with Crippen molar-refractivity contribution in [2.75, 3.05) is 11.9 Å². The second-order valence-electron chi connectivity index (χ2n) is 5.17. The van der Waals surface area contributed by atoms with Crippen LogP contribution in [-0.2, 0) is 0 Å². The summed E-state index contributed by atoms with van der Waals surface area (Å²) in [5.74, 6) is -0.251. The summed E-state index contributed by atoms with van der Waals surface area (Å²) in [6, 6.07) is 12.4. The Bertz CT molecular complexity index is 684. The summed E-state index contributed by atoms with van der Waals surface area (Å²) in [7, 11) is 1.90. The van der Waals surface area contributed by atoms with Crippen molar-refractivity contribution in [3.8, 4) is 6.07 Å². The molecule has 0 amide bonds. The molecule has 108 valence electrons. The SMILES string of the molecule is Cc1cc(N(C)c2ccc(C#N)cc2)c([C@@H](C)N)cc1F. The van der Waals surface area contributed by atoms with Crippen LogP contribution in [0.2, 0.25) is 0 Å². The molecule has 2 rings (SSSR count). The minimum Gasteiger partial charge on any atom is -0.344 e. The quantitative estimate of drug-likeness (QED) is 0.932. The first-order chi connectivity index (χ1) is 9.93. The Morgan fingerprint density at radius 3 is 2.38 bits per heavy atom. The number of halogens is 1. The van der Waals surface area contributed by atoms with E-state index in [0.29, 0.717) is 11.1 Å². The van der Waals surface area contributed by atoms with Gasteiger partial charge in [0.1, 0.15) is 5.82 Å². The Labute approximate surface area is 124 Å². The Morgan fingerprint density at radius 1 is 1.24 bits per heavy atom. The molecule has 0 bridgehead atoms. The van der Waals surface area contributed by atoms with Crippen LogP contribution < -0.4 is 10.6 Å². The van der Waals surface area contributed by atoms with E-state index in [4.69, 9.17) is 11.0 Å². The van der Waals surface area contributed by atoms with Gasteiger partial charge in [-0.15, -0.1) is 0 Å². The lowest BCUT2D eigenvalue weighted by atomic mass is 10.0. The van der Waals surface area contributed by atoms with E-state index in [1.165, 1.54) is 6.07 Å². The lowest BCUT2D eigenvalue weighted by Gasteiger charge is -2.25. The Balaban J connectivity index is 2.49. The highest BCUT2D eigenvalue weighted by molar-refractivity contribution is 5.67. The molecule has 0 fully saturated rings. The van der Waals surface area contributed by atoms with Crippen LogP contribution in [0.1, 0.15) is 29.7 Å². The summed E-state index contributed by atoms with van der Waals surface area (Å²) < 4.78 is 13.8. The third kappa shape index (κ3) is 3.04. The molecule has 0 spiro atoms. The van der Waals surface area contributed by atoms with E-state index in [1.54, 1.807) is 25.1 Å². The van der Waals surface area contributed by atoms with Gasteiger partial charge in [0.25, 0.3) is 0 Å². The Hall–Kier alpha value is -2.38. The monoisotopic (exact) mass is 283 g/mol. The van der Waals surface area contributed by atoms with E-state index in [9.17, 15) is 4.39 Å². The normalized spacial score (nSPS) is 11.8. The molecule has 3 nitrogen and oxygen atoms in total. The van der Waals surface area contributed by atoms with Crippen molar-refractivity contribution in [3.63, 3.8) is 0 Å². The number of aryl methyl sites for hydroxylation is 1. The van der Waals surface area contributed by atoms with Gasteiger partial charge in [-0.2, -0.15) is 5.26 Å². The molecule has 0 aromatic heterocycles. The molecule has 2 N–H and O–H groups in total. The van der Waals surface area contributed by atoms with Crippen LogP contribution in [0.3, 0.4) is 0 Å². The molecule has 2 aromatic carbocycles. The van der Waals surface area contributed by atoms with Crippen molar-refractivity contribution in [3.05, 3.63) is 58.9 Å². The van der Waals surface area contributed by atoms with Gasteiger partial charge in [0.2, 0.25) is 0 Å². The topological polar surface area (TPSA) is 53.0 Å². The lowest BCUT2D eigenvalue weighted by Crippen LogP contribution is -2.16. The van der Waals surface area contributed by atoms with Gasteiger partial charge >= 0.3 is 0 Å². The fraction of sp³-hybridized carbons (Fsp3) is 0.235. The fourth-order valence-electron chi connectivity index (χ4n) is 2.24. The van der Waals surface area contributed by atoms with Crippen LogP contribution in [0.4, 0.5) is 15.8 Å². The van der Waals surface area contributed by atoms with Crippen molar-refractivity contribution in [2.24, 2.45) is 5.73 Å². The second kappa shape index (κ2) is 5.94. The number of rotatable bonds is 3. The fourth-order valence-corrected chi connectivity index (χ4v) is 2.24. The van der Waals surface area contributed by atoms with Gasteiger partial charge in [-0.1, -0.05) is 0 Å². The predicted molar refractivity (Wildman–Crippen MR) is 83.0 cm³/mol. The molecular formula is C17H18FN3. The molecule has 0 saturated carbocycles. The molecule has 0 unspecified atom stereocenters. The molecule has 0 aliphatic rings. The zero-order valence-electron chi connectivity index (χ0n) is 12.4. The molecule has 0 radical (unpaired) electrons. The van der Waals surface area contributed by atoms with Crippen molar-refractivity contribution >= 4 is 11.4 Å².